The number of ether oxygens (including phenoxy) is 1. The number of fused-ring (bicyclic) bond motifs is 1. The fourth-order valence-electron chi connectivity index (χ4n) is 3.21. The molecule has 3 rings (SSSR count). The molecule has 0 saturated heterocycles. The molecule has 0 radical (unpaired) electrons. The van der Waals surface area contributed by atoms with E-state index >= 15 is 0 Å². The molecule has 35 heavy (non-hydrogen) atoms. The van der Waals surface area contributed by atoms with Gasteiger partial charge >= 0.3 is 5.97 Å². The molecule has 0 aliphatic carbocycles. The highest BCUT2D eigenvalue weighted by molar-refractivity contribution is 6.09. The van der Waals surface area contributed by atoms with Crippen LogP contribution in [-0.2, 0) is 11.3 Å². The van der Waals surface area contributed by atoms with Crippen LogP contribution < -0.4 is 15.0 Å². The standard InChI is InChI=1S/C21H19F3N2O4.C3H8.C2H6/c1-11-13-7-18(25-9-14-16(23)5-12(22)6-17(14)24)20(30-2)8-19(13)26(3-4-27)10-15(11)21(28)29;1-3-2;1-2/h5-8,10,25,27H,1,3-4,9H2,2H3,(H,28,29);3H2,1-2H3;1-2H3. The minimum atomic E-state index is -1.19. The molecular formula is C26H33F3N2O4. The number of nitrogens with zero attached hydrogens (tertiary/aromatic N) is 1. The van der Waals surface area contributed by atoms with Crippen LogP contribution in [0.5, 0.6) is 5.75 Å². The number of aliphatic hydroxyl groups is 1. The molecule has 1 aliphatic heterocycles. The van der Waals surface area contributed by atoms with Gasteiger partial charge in [0.15, 0.2) is 0 Å². The van der Waals surface area contributed by atoms with Crippen molar-refractivity contribution in [1.82, 2.24) is 0 Å². The molecule has 1 heterocycles. The van der Waals surface area contributed by atoms with E-state index in [1.54, 1.807) is 17.0 Å². The largest absolute Gasteiger partial charge is 0.495 e. The summed E-state index contributed by atoms with van der Waals surface area (Å²) >= 11 is 0. The van der Waals surface area contributed by atoms with E-state index in [9.17, 15) is 28.2 Å². The maximum Gasteiger partial charge on any atom is 0.337 e. The van der Waals surface area contributed by atoms with Gasteiger partial charge in [0, 0.05) is 48.6 Å². The molecule has 0 aromatic heterocycles. The Hall–Kier alpha value is -3.46. The maximum absolute atomic E-state index is 13.9. The Morgan fingerprint density at radius 2 is 1.69 bits per heavy atom. The zero-order valence-electron chi connectivity index (χ0n) is 20.7. The molecule has 0 spiro atoms. The number of carboxylic acid groups (broad SMARTS) is 1. The van der Waals surface area contributed by atoms with E-state index in [1.165, 1.54) is 19.7 Å². The number of hydrogen-bond acceptors (Lipinski definition) is 5. The van der Waals surface area contributed by atoms with Gasteiger partial charge < -0.3 is 25.2 Å². The van der Waals surface area contributed by atoms with Crippen molar-refractivity contribution in [3.63, 3.8) is 0 Å². The Balaban J connectivity index is 0.00000114. The summed E-state index contributed by atoms with van der Waals surface area (Å²) in [6.07, 6.45) is 2.62. The van der Waals surface area contributed by atoms with Gasteiger partial charge in [-0.15, -0.1) is 0 Å². The van der Waals surface area contributed by atoms with Gasteiger partial charge in [-0.05, 0) is 11.6 Å². The van der Waals surface area contributed by atoms with Crippen LogP contribution in [0.1, 0.15) is 45.2 Å². The SMILES string of the molecule is C=C1C(C(=O)O)=CN(CCO)c2cc(OC)c(NCc3c(F)cc(F)cc3F)cc21.CC.CCC. The molecule has 1 aliphatic rings. The van der Waals surface area contributed by atoms with Gasteiger partial charge in [-0.3, -0.25) is 0 Å². The zero-order chi connectivity index (χ0) is 26.7. The lowest BCUT2D eigenvalue weighted by Crippen LogP contribution is -2.27. The second-order valence-electron chi connectivity index (χ2n) is 7.22. The average molecular weight is 495 g/mol. The summed E-state index contributed by atoms with van der Waals surface area (Å²) in [6, 6.07) is 4.33. The van der Waals surface area contributed by atoms with Gasteiger partial charge in [-0.25, -0.2) is 18.0 Å². The highest BCUT2D eigenvalue weighted by atomic mass is 19.1. The van der Waals surface area contributed by atoms with Crippen molar-refractivity contribution in [1.29, 1.82) is 0 Å². The van der Waals surface area contributed by atoms with Gasteiger partial charge in [0.2, 0.25) is 0 Å². The fraction of sp³-hybridized carbons (Fsp3) is 0.346. The van der Waals surface area contributed by atoms with Gasteiger partial charge in [0.05, 0.1) is 30.7 Å². The van der Waals surface area contributed by atoms with E-state index in [4.69, 9.17) is 4.74 Å². The first-order valence-electron chi connectivity index (χ1n) is 11.3. The maximum atomic E-state index is 13.9. The third kappa shape index (κ3) is 7.26. The Morgan fingerprint density at radius 1 is 1.11 bits per heavy atom. The topological polar surface area (TPSA) is 82.0 Å². The molecule has 0 unspecified atom stereocenters. The second kappa shape index (κ2) is 14.1. The van der Waals surface area contributed by atoms with Crippen LogP contribution in [0.4, 0.5) is 24.5 Å². The average Bonchev–Trinajstić information content (AvgIpc) is 2.81. The Morgan fingerprint density at radius 3 is 2.17 bits per heavy atom. The predicted octanol–water partition coefficient (Wildman–Crippen LogP) is 5.96. The quantitative estimate of drug-likeness (QED) is 0.441. The molecule has 0 atom stereocenters. The summed E-state index contributed by atoms with van der Waals surface area (Å²) in [5, 5.41) is 21.6. The van der Waals surface area contributed by atoms with Crippen LogP contribution in [0, 0.1) is 17.5 Å². The van der Waals surface area contributed by atoms with Crippen molar-refractivity contribution in [3.8, 4) is 5.75 Å². The van der Waals surface area contributed by atoms with Gasteiger partial charge in [0.25, 0.3) is 0 Å². The molecule has 3 N–H and O–H groups in total. The van der Waals surface area contributed by atoms with Crippen LogP contribution in [0.3, 0.4) is 0 Å². The van der Waals surface area contributed by atoms with E-state index in [1.807, 2.05) is 13.8 Å². The molecule has 0 bridgehead atoms. The lowest BCUT2D eigenvalue weighted by atomic mass is 9.93. The Kier molecular flexibility index (Phi) is 11.9. The zero-order valence-corrected chi connectivity index (χ0v) is 20.7. The Bertz CT molecular complexity index is 1050. The van der Waals surface area contributed by atoms with Crippen LogP contribution in [-0.4, -0.2) is 36.4 Å². The fourth-order valence-corrected chi connectivity index (χ4v) is 3.21. The molecule has 9 heteroatoms. The molecule has 192 valence electrons. The number of aliphatic hydroxyl groups excluding tert-OH is 1. The van der Waals surface area contributed by atoms with E-state index in [0.717, 1.165) is 0 Å². The number of benzene rings is 2. The number of rotatable bonds is 7. The van der Waals surface area contributed by atoms with Crippen LogP contribution in [0.15, 0.2) is 42.6 Å². The van der Waals surface area contributed by atoms with Crippen molar-refractivity contribution in [2.24, 2.45) is 0 Å². The van der Waals surface area contributed by atoms with E-state index in [-0.39, 0.29) is 36.4 Å². The summed E-state index contributed by atoms with van der Waals surface area (Å²) in [5.74, 6) is -3.96. The van der Waals surface area contributed by atoms with E-state index < -0.39 is 23.4 Å². The minimum Gasteiger partial charge on any atom is -0.495 e. The molecule has 2 aromatic carbocycles. The van der Waals surface area contributed by atoms with E-state index in [2.05, 4.69) is 25.7 Å². The van der Waals surface area contributed by atoms with Gasteiger partial charge in [-0.1, -0.05) is 40.7 Å². The number of carboxylic acids is 1. The number of methoxy groups -OCH3 is 1. The molecular weight excluding hydrogens is 461 g/mol. The summed E-state index contributed by atoms with van der Waals surface area (Å²) in [7, 11) is 1.40. The highest BCUT2D eigenvalue weighted by Gasteiger charge is 2.26. The van der Waals surface area contributed by atoms with Crippen molar-refractivity contribution in [2.75, 3.05) is 30.5 Å². The van der Waals surface area contributed by atoms with Gasteiger partial charge in [-0.2, -0.15) is 0 Å². The number of halogens is 3. The van der Waals surface area contributed by atoms with Gasteiger partial charge in [0.1, 0.15) is 23.2 Å². The van der Waals surface area contributed by atoms with Crippen molar-refractivity contribution < 1.29 is 32.9 Å². The third-order valence-electron chi connectivity index (χ3n) is 4.70. The molecule has 0 saturated carbocycles. The number of hydrogen-bond donors (Lipinski definition) is 3. The summed E-state index contributed by atoms with van der Waals surface area (Å²) in [5.41, 5.74) is 1.16. The first-order chi connectivity index (χ1) is 16.7. The minimum absolute atomic E-state index is 0.0531. The van der Waals surface area contributed by atoms with E-state index in [0.29, 0.717) is 34.8 Å². The summed E-state index contributed by atoms with van der Waals surface area (Å²) in [6.45, 7) is 11.7. The van der Waals surface area contributed by atoms with Crippen LogP contribution in [0.25, 0.3) is 5.57 Å². The van der Waals surface area contributed by atoms with Crippen LogP contribution >= 0.6 is 0 Å². The second-order valence-corrected chi connectivity index (χ2v) is 7.22. The monoisotopic (exact) mass is 494 g/mol. The summed E-state index contributed by atoms with van der Waals surface area (Å²) in [4.78, 5) is 13.1. The molecule has 0 fully saturated rings. The number of anilines is 2. The first kappa shape index (κ1) is 29.6. The predicted molar refractivity (Wildman–Crippen MR) is 133 cm³/mol. The normalized spacial score (nSPS) is 11.9. The third-order valence-corrected chi connectivity index (χ3v) is 4.70. The molecule has 0 amide bonds. The molecule has 6 nitrogen and oxygen atoms in total. The molecule has 2 aromatic rings. The Labute approximate surface area is 204 Å². The number of nitrogens with one attached hydrogen (secondary N) is 1. The van der Waals surface area contributed by atoms with Crippen molar-refractivity contribution in [2.45, 2.75) is 40.7 Å². The lowest BCUT2D eigenvalue weighted by molar-refractivity contribution is -0.132. The lowest BCUT2D eigenvalue weighted by Gasteiger charge is -2.30. The van der Waals surface area contributed by atoms with Crippen molar-refractivity contribution in [3.05, 3.63) is 71.2 Å². The van der Waals surface area contributed by atoms with Crippen LogP contribution in [0.2, 0.25) is 0 Å². The number of β-amino-alcohol motifs (C(OH)–C–C–N with tert-alkyl or cyclic N) is 1. The summed E-state index contributed by atoms with van der Waals surface area (Å²) < 4.78 is 46.3. The smallest absolute Gasteiger partial charge is 0.337 e. The highest BCUT2D eigenvalue weighted by Crippen LogP contribution is 2.42. The number of carbonyl (C=O) groups is 1. The first-order valence-corrected chi connectivity index (χ1v) is 11.3. The number of aliphatic carboxylic acids is 1. The van der Waals surface area contributed by atoms with Crippen molar-refractivity contribution >= 4 is 22.9 Å².